The van der Waals surface area contributed by atoms with Gasteiger partial charge < -0.3 is 24.4 Å². The molecule has 1 saturated heterocycles. The predicted octanol–water partition coefficient (Wildman–Crippen LogP) is 6.02. The zero-order valence-corrected chi connectivity index (χ0v) is 29.9. The monoisotopic (exact) mass is 712 g/mol. The number of likely N-dealkylation sites (tertiary alicyclic amines) is 1. The van der Waals surface area contributed by atoms with Crippen molar-refractivity contribution in [3.05, 3.63) is 106 Å². The number of aliphatic hydroxyl groups excluding tert-OH is 1. The number of aliphatic carboxylic acids is 1. The fourth-order valence-electron chi connectivity index (χ4n) is 6.86. The molecule has 3 aliphatic rings. The van der Waals surface area contributed by atoms with E-state index in [1.54, 1.807) is 24.4 Å². The number of aliphatic hydroxyl groups is 1. The number of hydrogen-bond acceptors (Lipinski definition) is 9. The number of carboxylic acid groups (broad SMARTS) is 1. The van der Waals surface area contributed by atoms with E-state index < -0.39 is 22.3 Å². The van der Waals surface area contributed by atoms with Gasteiger partial charge in [-0.1, -0.05) is 74.0 Å². The molecule has 0 radical (unpaired) electrons. The Balaban J connectivity index is 1.25. The van der Waals surface area contributed by atoms with Crippen molar-refractivity contribution in [2.45, 2.75) is 57.9 Å². The first-order chi connectivity index (χ1) is 24.5. The summed E-state index contributed by atoms with van der Waals surface area (Å²) in [6.45, 7) is 8.19. The SMILES string of the molecule is CC1(C)C(c2ccccc2)=CC=C[C@@]1(COCCN1CCC(O)C1)COc1cc(OCc2cncc(C#N)c2)c(CNC2(C(=O)O)CC2)cc1Cl. The number of nitrogens with zero attached hydrogens (tertiary/aromatic N) is 3. The normalized spacial score (nSPS) is 21.9. The van der Waals surface area contributed by atoms with Crippen LogP contribution >= 0.6 is 11.6 Å². The number of aromatic nitrogens is 1. The predicted molar refractivity (Wildman–Crippen MR) is 194 cm³/mol. The van der Waals surface area contributed by atoms with Gasteiger partial charge in [0, 0.05) is 61.2 Å². The lowest BCUT2D eigenvalue weighted by Crippen LogP contribution is -2.47. The number of hydrogen-bond donors (Lipinski definition) is 3. The van der Waals surface area contributed by atoms with Crippen LogP contribution in [0.2, 0.25) is 5.02 Å². The molecule has 2 aliphatic carbocycles. The van der Waals surface area contributed by atoms with Crippen LogP contribution < -0.4 is 14.8 Å². The molecule has 0 spiro atoms. The second kappa shape index (κ2) is 15.6. The molecule has 10 nitrogen and oxygen atoms in total. The van der Waals surface area contributed by atoms with E-state index in [2.05, 4.69) is 65.5 Å². The molecule has 2 heterocycles. The highest BCUT2D eigenvalue weighted by Crippen LogP contribution is 2.53. The number of benzene rings is 2. The van der Waals surface area contributed by atoms with Crippen LogP contribution in [0.3, 0.4) is 0 Å². The van der Waals surface area contributed by atoms with Gasteiger partial charge in [0.15, 0.2) is 0 Å². The first-order valence-corrected chi connectivity index (χ1v) is 17.8. The van der Waals surface area contributed by atoms with Gasteiger partial charge in [-0.15, -0.1) is 0 Å². The molecular formula is C40H45ClN4O6. The Morgan fingerprint density at radius 3 is 2.63 bits per heavy atom. The van der Waals surface area contributed by atoms with Crippen molar-refractivity contribution < 1.29 is 29.2 Å². The summed E-state index contributed by atoms with van der Waals surface area (Å²) < 4.78 is 19.4. The Kier molecular flexibility index (Phi) is 11.2. The molecule has 1 aliphatic heterocycles. The second-order valence-electron chi connectivity index (χ2n) is 14.3. The molecule has 1 saturated carbocycles. The fraction of sp³-hybridized carbons (Fsp3) is 0.425. The molecule has 268 valence electrons. The summed E-state index contributed by atoms with van der Waals surface area (Å²) in [4.78, 5) is 18.2. The van der Waals surface area contributed by atoms with Crippen molar-refractivity contribution in [2.75, 3.05) is 39.5 Å². The lowest BCUT2D eigenvalue weighted by molar-refractivity contribution is -0.140. The van der Waals surface area contributed by atoms with Crippen LogP contribution in [0.1, 0.15) is 55.4 Å². The molecule has 3 aromatic rings. The van der Waals surface area contributed by atoms with Crippen LogP contribution in [0.25, 0.3) is 5.57 Å². The third-order valence-corrected chi connectivity index (χ3v) is 10.8. The Morgan fingerprint density at radius 2 is 1.92 bits per heavy atom. The van der Waals surface area contributed by atoms with Gasteiger partial charge in [-0.25, -0.2) is 0 Å². The number of rotatable bonds is 16. The molecule has 0 bridgehead atoms. The zero-order valence-electron chi connectivity index (χ0n) is 29.1. The lowest BCUT2D eigenvalue weighted by Gasteiger charge is -2.48. The molecule has 2 fully saturated rings. The maximum atomic E-state index is 11.9. The van der Waals surface area contributed by atoms with Gasteiger partial charge in [-0.3, -0.25) is 20.0 Å². The van der Waals surface area contributed by atoms with Crippen molar-refractivity contribution in [3.8, 4) is 17.6 Å². The average molecular weight is 713 g/mol. The van der Waals surface area contributed by atoms with Crippen LogP contribution in [0.5, 0.6) is 11.5 Å². The third kappa shape index (κ3) is 8.30. The Morgan fingerprint density at radius 1 is 1.12 bits per heavy atom. The van der Waals surface area contributed by atoms with Gasteiger partial charge in [0.1, 0.15) is 36.3 Å². The third-order valence-electron chi connectivity index (χ3n) is 10.5. The number of β-amino-alcohol motifs (C(OH)–C–C–N with tert-alkyl or cyclic N) is 1. The quantitative estimate of drug-likeness (QED) is 0.151. The number of carbonyl (C=O) groups is 1. The Bertz CT molecular complexity index is 1820. The van der Waals surface area contributed by atoms with Crippen LogP contribution in [0, 0.1) is 22.2 Å². The summed E-state index contributed by atoms with van der Waals surface area (Å²) in [7, 11) is 0. The largest absolute Gasteiger partial charge is 0.491 e. The minimum atomic E-state index is -0.951. The number of pyridine rings is 1. The van der Waals surface area contributed by atoms with Crippen LogP contribution in [0.15, 0.2) is 79.2 Å². The summed E-state index contributed by atoms with van der Waals surface area (Å²) in [5.74, 6) is 0.0176. The van der Waals surface area contributed by atoms with E-state index in [1.807, 2.05) is 18.2 Å². The molecule has 3 N–H and O–H groups in total. The molecule has 1 unspecified atom stereocenters. The van der Waals surface area contributed by atoms with E-state index in [9.17, 15) is 20.3 Å². The van der Waals surface area contributed by atoms with Gasteiger partial charge >= 0.3 is 5.97 Å². The number of ether oxygens (including phenoxy) is 3. The first-order valence-electron chi connectivity index (χ1n) is 17.4. The second-order valence-corrected chi connectivity index (χ2v) is 14.7. The van der Waals surface area contributed by atoms with Crippen LogP contribution in [-0.4, -0.2) is 77.2 Å². The summed E-state index contributed by atoms with van der Waals surface area (Å²) in [6.07, 6.45) is 11.1. The average Bonchev–Trinajstić information content (AvgIpc) is 3.82. The van der Waals surface area contributed by atoms with Crippen molar-refractivity contribution in [3.63, 3.8) is 0 Å². The molecule has 51 heavy (non-hydrogen) atoms. The maximum Gasteiger partial charge on any atom is 0.323 e. The van der Waals surface area contributed by atoms with E-state index in [4.69, 9.17) is 25.8 Å². The van der Waals surface area contributed by atoms with Gasteiger partial charge in [-0.2, -0.15) is 5.26 Å². The van der Waals surface area contributed by atoms with E-state index >= 15 is 0 Å². The maximum absolute atomic E-state index is 11.9. The Hall–Kier alpha value is -4.24. The topological polar surface area (TPSA) is 137 Å². The number of nitriles is 1. The molecule has 2 atom stereocenters. The number of carboxylic acids is 1. The molecule has 6 rings (SSSR count). The Labute approximate surface area is 304 Å². The van der Waals surface area contributed by atoms with Crippen LogP contribution in [0.4, 0.5) is 0 Å². The minimum absolute atomic E-state index is 0.132. The fourth-order valence-corrected chi connectivity index (χ4v) is 7.10. The summed E-state index contributed by atoms with van der Waals surface area (Å²) >= 11 is 6.90. The molecule has 11 heteroatoms. The molecule has 0 amide bonds. The number of halogens is 1. The minimum Gasteiger partial charge on any atom is -0.491 e. The molecule has 1 aromatic heterocycles. The van der Waals surface area contributed by atoms with Gasteiger partial charge in [-0.05, 0) is 42.5 Å². The van der Waals surface area contributed by atoms with Gasteiger partial charge in [0.05, 0.1) is 35.3 Å². The van der Waals surface area contributed by atoms with E-state index in [-0.39, 0.29) is 25.9 Å². The highest BCUT2D eigenvalue weighted by molar-refractivity contribution is 6.32. The zero-order chi connectivity index (χ0) is 36.1. The standard InChI is InChI=1S/C40H45ClN4O6/c1-38(2)33(30-7-4-3-5-8-30)9-6-11-39(38,26-49-16-15-45-14-10-32(46)24-45)27-51-36-19-35(50-25-29-17-28(20-42)21-43-22-29)31(18-34(36)41)23-44-40(12-13-40)37(47)48/h3-9,11,17-19,21-22,32,44,46H,10,12-16,23-27H2,1-2H3,(H,47,48)/t32?,39-/m1/s1. The first kappa shape index (κ1) is 36.5. The van der Waals surface area contributed by atoms with Crippen molar-refractivity contribution >= 4 is 23.1 Å². The van der Waals surface area contributed by atoms with E-state index in [0.717, 1.165) is 30.6 Å². The number of allylic oxidation sites excluding steroid dienone is 3. The van der Waals surface area contributed by atoms with Gasteiger partial charge in [0.2, 0.25) is 0 Å². The van der Waals surface area contributed by atoms with E-state index in [0.29, 0.717) is 65.8 Å². The summed E-state index contributed by atoms with van der Waals surface area (Å²) in [5, 5.41) is 32.6. The summed E-state index contributed by atoms with van der Waals surface area (Å²) in [6, 6.07) is 17.6. The number of nitrogens with one attached hydrogen (secondary N) is 1. The smallest absolute Gasteiger partial charge is 0.323 e. The summed E-state index contributed by atoms with van der Waals surface area (Å²) in [5.41, 5.74) is 2.14. The van der Waals surface area contributed by atoms with Crippen LogP contribution in [-0.2, 0) is 22.7 Å². The van der Waals surface area contributed by atoms with Crippen molar-refractivity contribution in [1.82, 2.24) is 15.2 Å². The molecule has 2 aromatic carbocycles. The van der Waals surface area contributed by atoms with Crippen molar-refractivity contribution in [2.24, 2.45) is 10.8 Å². The highest BCUT2D eigenvalue weighted by atomic mass is 35.5. The van der Waals surface area contributed by atoms with Crippen molar-refractivity contribution in [1.29, 1.82) is 5.26 Å². The van der Waals surface area contributed by atoms with Gasteiger partial charge in [0.25, 0.3) is 0 Å². The lowest BCUT2D eigenvalue weighted by atomic mass is 9.59. The highest BCUT2D eigenvalue weighted by Gasteiger charge is 2.50. The molecular weight excluding hydrogens is 668 g/mol. The van der Waals surface area contributed by atoms with E-state index in [1.165, 1.54) is 6.20 Å².